The monoisotopic (exact) mass is 272 g/mol. The molecule has 0 spiro atoms. The van der Waals surface area contributed by atoms with Crippen LogP contribution >= 0.6 is 11.3 Å². The van der Waals surface area contributed by atoms with E-state index in [9.17, 15) is 4.79 Å². The number of anilines is 1. The molecule has 4 heteroatoms. The van der Waals surface area contributed by atoms with Crippen LogP contribution < -0.4 is 11.1 Å². The second-order valence-corrected chi connectivity index (χ2v) is 5.07. The number of carbonyl (C=O) groups excluding carboxylic acids is 1. The smallest absolute Gasteiger partial charge is 0.244 e. The Bertz CT molecular complexity index is 558. The van der Waals surface area contributed by atoms with Crippen molar-refractivity contribution in [3.8, 4) is 0 Å². The van der Waals surface area contributed by atoms with Gasteiger partial charge in [-0.05, 0) is 53.1 Å². The summed E-state index contributed by atoms with van der Waals surface area (Å²) in [6.45, 7) is 1.97. The van der Waals surface area contributed by atoms with Crippen LogP contribution in [0.25, 0.3) is 6.08 Å². The summed E-state index contributed by atoms with van der Waals surface area (Å²) in [6, 6.07) is 9.41. The molecule has 1 heterocycles. The molecule has 0 aliphatic carbocycles. The van der Waals surface area contributed by atoms with Crippen molar-refractivity contribution in [2.75, 3.05) is 5.73 Å². The Labute approximate surface area is 116 Å². The highest BCUT2D eigenvalue weighted by Gasteiger charge is 2.07. The molecule has 0 bridgehead atoms. The highest BCUT2D eigenvalue weighted by molar-refractivity contribution is 7.07. The van der Waals surface area contributed by atoms with E-state index in [0.717, 1.165) is 11.1 Å². The maximum atomic E-state index is 11.8. The van der Waals surface area contributed by atoms with E-state index in [4.69, 9.17) is 5.73 Å². The lowest BCUT2D eigenvalue weighted by molar-refractivity contribution is -0.117. The summed E-state index contributed by atoms with van der Waals surface area (Å²) in [6.07, 6.45) is 3.31. The van der Waals surface area contributed by atoms with Crippen LogP contribution in [0, 0.1) is 0 Å². The molecule has 1 unspecified atom stereocenters. The summed E-state index contributed by atoms with van der Waals surface area (Å²) in [7, 11) is 0. The van der Waals surface area contributed by atoms with E-state index >= 15 is 0 Å². The third-order valence-electron chi connectivity index (χ3n) is 2.77. The van der Waals surface area contributed by atoms with Gasteiger partial charge in [-0.25, -0.2) is 0 Å². The van der Waals surface area contributed by atoms with E-state index in [1.54, 1.807) is 17.4 Å². The first-order valence-electron chi connectivity index (χ1n) is 6.01. The molecule has 19 heavy (non-hydrogen) atoms. The summed E-state index contributed by atoms with van der Waals surface area (Å²) in [5.74, 6) is -0.101. The van der Waals surface area contributed by atoms with E-state index < -0.39 is 0 Å². The third kappa shape index (κ3) is 3.96. The number of rotatable bonds is 4. The second-order valence-electron chi connectivity index (χ2n) is 4.29. The van der Waals surface area contributed by atoms with Gasteiger partial charge in [0.25, 0.3) is 0 Å². The van der Waals surface area contributed by atoms with Crippen LogP contribution in [0.15, 0.2) is 47.2 Å². The molecule has 98 valence electrons. The topological polar surface area (TPSA) is 55.1 Å². The molecule has 0 saturated carbocycles. The van der Waals surface area contributed by atoms with Gasteiger partial charge in [0, 0.05) is 11.8 Å². The van der Waals surface area contributed by atoms with Crippen LogP contribution in [0.2, 0.25) is 0 Å². The predicted molar refractivity (Wildman–Crippen MR) is 80.8 cm³/mol. The van der Waals surface area contributed by atoms with E-state index in [1.807, 2.05) is 48.0 Å². The third-order valence-corrected chi connectivity index (χ3v) is 3.47. The first kappa shape index (κ1) is 13.4. The first-order valence-corrected chi connectivity index (χ1v) is 6.95. The Morgan fingerprint density at radius 2 is 2.05 bits per heavy atom. The number of benzene rings is 1. The SMILES string of the molecule is CC(NC(=O)/C=C/c1ccc(N)cc1)c1ccsc1. The van der Waals surface area contributed by atoms with Gasteiger partial charge < -0.3 is 11.1 Å². The Hall–Kier alpha value is -2.07. The van der Waals surface area contributed by atoms with Crippen LogP contribution in [0.3, 0.4) is 0 Å². The largest absolute Gasteiger partial charge is 0.399 e. The number of nitrogens with two attached hydrogens (primary N) is 1. The molecule has 0 saturated heterocycles. The number of hydrogen-bond acceptors (Lipinski definition) is 3. The van der Waals surface area contributed by atoms with Gasteiger partial charge in [0.1, 0.15) is 0 Å². The predicted octanol–water partition coefficient (Wildman–Crippen LogP) is 3.22. The van der Waals surface area contributed by atoms with Crippen molar-refractivity contribution in [3.05, 3.63) is 58.3 Å². The molecule has 0 fully saturated rings. The first-order chi connectivity index (χ1) is 9.15. The number of thiophene rings is 1. The average Bonchev–Trinajstić information content (AvgIpc) is 2.92. The minimum Gasteiger partial charge on any atom is -0.399 e. The van der Waals surface area contributed by atoms with Crippen molar-refractivity contribution >= 4 is 29.0 Å². The maximum absolute atomic E-state index is 11.8. The quantitative estimate of drug-likeness (QED) is 0.663. The van der Waals surface area contributed by atoms with Gasteiger partial charge in [-0.3, -0.25) is 4.79 Å². The highest BCUT2D eigenvalue weighted by Crippen LogP contribution is 2.15. The zero-order chi connectivity index (χ0) is 13.7. The number of nitrogen functional groups attached to an aromatic ring is 1. The number of hydrogen-bond donors (Lipinski definition) is 2. The van der Waals surface area contributed by atoms with Gasteiger partial charge in [0.2, 0.25) is 5.91 Å². The minimum absolute atomic E-state index is 0.0230. The van der Waals surface area contributed by atoms with Gasteiger partial charge in [-0.15, -0.1) is 0 Å². The molecular formula is C15H16N2OS. The minimum atomic E-state index is -0.101. The van der Waals surface area contributed by atoms with E-state index in [0.29, 0.717) is 5.69 Å². The van der Waals surface area contributed by atoms with Crippen molar-refractivity contribution in [1.29, 1.82) is 0 Å². The van der Waals surface area contributed by atoms with Crippen molar-refractivity contribution in [2.45, 2.75) is 13.0 Å². The Morgan fingerprint density at radius 1 is 1.32 bits per heavy atom. The van der Waals surface area contributed by atoms with E-state index in [-0.39, 0.29) is 11.9 Å². The molecule has 3 N–H and O–H groups in total. The molecule has 2 aromatic rings. The van der Waals surface area contributed by atoms with Crippen LogP contribution in [0.5, 0.6) is 0 Å². The average molecular weight is 272 g/mol. The van der Waals surface area contributed by atoms with Gasteiger partial charge in [-0.2, -0.15) is 11.3 Å². The van der Waals surface area contributed by atoms with Crippen LogP contribution in [-0.4, -0.2) is 5.91 Å². The Kier molecular flexibility index (Phi) is 4.36. The fourth-order valence-electron chi connectivity index (χ4n) is 1.65. The fourth-order valence-corrected chi connectivity index (χ4v) is 2.40. The summed E-state index contributed by atoms with van der Waals surface area (Å²) < 4.78 is 0. The van der Waals surface area contributed by atoms with Crippen molar-refractivity contribution in [2.24, 2.45) is 0 Å². The van der Waals surface area contributed by atoms with Crippen LogP contribution in [0.4, 0.5) is 5.69 Å². The molecule has 1 aromatic heterocycles. The van der Waals surface area contributed by atoms with E-state index in [1.165, 1.54) is 6.08 Å². The van der Waals surface area contributed by atoms with Crippen molar-refractivity contribution < 1.29 is 4.79 Å². The standard InChI is InChI=1S/C15H16N2OS/c1-11(13-8-9-19-10-13)17-15(18)7-4-12-2-5-14(16)6-3-12/h2-11H,16H2,1H3,(H,17,18)/b7-4+. The van der Waals surface area contributed by atoms with Crippen molar-refractivity contribution in [1.82, 2.24) is 5.32 Å². The molecule has 2 rings (SSSR count). The summed E-state index contributed by atoms with van der Waals surface area (Å²) >= 11 is 1.63. The van der Waals surface area contributed by atoms with E-state index in [2.05, 4.69) is 5.32 Å². The normalized spacial score (nSPS) is 12.5. The van der Waals surface area contributed by atoms with Gasteiger partial charge in [0.15, 0.2) is 0 Å². The lowest BCUT2D eigenvalue weighted by atomic mass is 10.1. The number of nitrogens with one attached hydrogen (secondary N) is 1. The summed E-state index contributed by atoms with van der Waals surface area (Å²) in [5.41, 5.74) is 8.39. The molecule has 1 amide bonds. The van der Waals surface area contributed by atoms with Gasteiger partial charge in [-0.1, -0.05) is 12.1 Å². The van der Waals surface area contributed by atoms with Crippen molar-refractivity contribution in [3.63, 3.8) is 0 Å². The fraction of sp³-hybridized carbons (Fsp3) is 0.133. The lowest BCUT2D eigenvalue weighted by Gasteiger charge is -2.10. The maximum Gasteiger partial charge on any atom is 0.244 e. The molecular weight excluding hydrogens is 256 g/mol. The highest BCUT2D eigenvalue weighted by atomic mass is 32.1. The van der Waals surface area contributed by atoms with Gasteiger partial charge in [0.05, 0.1) is 6.04 Å². The number of amides is 1. The second kappa shape index (κ2) is 6.20. The molecule has 1 atom stereocenters. The van der Waals surface area contributed by atoms with Crippen LogP contribution in [0.1, 0.15) is 24.1 Å². The summed E-state index contributed by atoms with van der Waals surface area (Å²) in [5, 5.41) is 6.96. The zero-order valence-electron chi connectivity index (χ0n) is 10.7. The summed E-state index contributed by atoms with van der Waals surface area (Å²) in [4.78, 5) is 11.8. The molecule has 1 aromatic carbocycles. The van der Waals surface area contributed by atoms with Crippen LogP contribution in [-0.2, 0) is 4.79 Å². The molecule has 0 radical (unpaired) electrons. The lowest BCUT2D eigenvalue weighted by Crippen LogP contribution is -2.24. The van der Waals surface area contributed by atoms with Gasteiger partial charge >= 0.3 is 0 Å². The molecule has 0 aliphatic heterocycles. The Balaban J connectivity index is 1.92. The molecule has 0 aliphatic rings. The number of carbonyl (C=O) groups is 1. The zero-order valence-corrected chi connectivity index (χ0v) is 11.5. The molecule has 3 nitrogen and oxygen atoms in total. The Morgan fingerprint density at radius 3 is 2.68 bits per heavy atom.